The number of amides is 2. The monoisotopic (exact) mass is 849 g/mol. The van der Waals surface area contributed by atoms with Gasteiger partial charge in [0, 0.05) is 21.9 Å². The molecule has 0 saturated carbocycles. The van der Waals surface area contributed by atoms with Gasteiger partial charge in [-0.3, -0.25) is 9.59 Å². The maximum atomic E-state index is 12.9. The zero-order valence-corrected chi connectivity index (χ0v) is 33.2. The van der Waals surface area contributed by atoms with Crippen molar-refractivity contribution in [2.75, 3.05) is 32.2 Å². The number of ether oxygens (including phenoxy) is 3. The van der Waals surface area contributed by atoms with E-state index in [1.165, 1.54) is 44.0 Å². The lowest BCUT2D eigenvalue weighted by Crippen LogP contribution is -2.50. The minimum absolute atomic E-state index is 0.0234. The Labute approximate surface area is 346 Å². The molecule has 0 aliphatic carbocycles. The van der Waals surface area contributed by atoms with E-state index in [1.54, 1.807) is 36.4 Å². The number of carbonyl (C=O) groups excluding carboxylic acids is 4. The molecule has 0 fully saturated rings. The molecule has 5 unspecified atom stereocenters. The molecule has 0 aliphatic rings. The fraction of sp³-hybridized carbons (Fsp3) is 0.316. The molecule has 310 valence electrons. The quantitative estimate of drug-likeness (QED) is 0.0514. The summed E-state index contributed by atoms with van der Waals surface area (Å²) in [4.78, 5) is 58.5. The molecule has 4 rings (SSSR count). The van der Waals surface area contributed by atoms with Crippen LogP contribution in [0.3, 0.4) is 0 Å². The van der Waals surface area contributed by atoms with Gasteiger partial charge < -0.3 is 56.7 Å². The van der Waals surface area contributed by atoms with Crippen LogP contribution >= 0.6 is 23.4 Å². The minimum atomic E-state index is -1.29. The Morgan fingerprint density at radius 3 is 2.02 bits per heavy atom. The Morgan fingerprint density at radius 1 is 0.864 bits per heavy atom. The molecular formula is C38H40ClN9O10S. The number of carbonyl (C=O) groups is 4. The van der Waals surface area contributed by atoms with Gasteiger partial charge in [-0.15, -0.1) is 0 Å². The van der Waals surface area contributed by atoms with Crippen LogP contribution in [0.2, 0.25) is 5.02 Å². The van der Waals surface area contributed by atoms with E-state index < -0.39 is 73.8 Å². The summed E-state index contributed by atoms with van der Waals surface area (Å²) in [6, 6.07) is 12.3. The van der Waals surface area contributed by atoms with E-state index in [9.17, 15) is 29.7 Å². The molecule has 21 heteroatoms. The molecule has 10 N–H and O–H groups in total. The molecule has 59 heavy (non-hydrogen) atoms. The second kappa shape index (κ2) is 21.5. The first-order valence-corrected chi connectivity index (χ1v) is 19.0. The van der Waals surface area contributed by atoms with Crippen molar-refractivity contribution in [1.29, 1.82) is 10.5 Å². The summed E-state index contributed by atoms with van der Waals surface area (Å²) < 4.78 is 22.2. The number of nitrogens with two attached hydrogens (primary N) is 3. The SMILES string of the molecule is CC(NC(=O)C(N)CO)C(=O)OCC(COc1ccc(-c2c(C#N)c(N)nc(SCc3coc(-c4ccc(Cl)cc4)n3)c2C#N)cc1)OC(=O)C(C)NC(=O)C(N)CO. The molecule has 2 heterocycles. The third kappa shape index (κ3) is 12.4. The number of aliphatic hydroxyl groups excluding tert-OH is 2. The number of aliphatic hydroxyl groups is 2. The highest BCUT2D eigenvalue weighted by atomic mass is 35.5. The zero-order valence-electron chi connectivity index (χ0n) is 31.6. The first-order chi connectivity index (χ1) is 28.2. The number of oxazole rings is 1. The molecule has 0 spiro atoms. The van der Waals surface area contributed by atoms with Crippen molar-refractivity contribution >= 4 is 52.9 Å². The number of esters is 2. The number of nitriles is 2. The maximum Gasteiger partial charge on any atom is 0.328 e. The Bertz CT molecular complexity index is 2210. The van der Waals surface area contributed by atoms with E-state index in [-0.39, 0.29) is 45.6 Å². The number of rotatable bonds is 19. The predicted octanol–water partition coefficient (Wildman–Crippen LogP) is 1.16. The molecule has 5 atom stereocenters. The summed E-state index contributed by atoms with van der Waals surface area (Å²) in [5, 5.41) is 43.9. The Balaban J connectivity index is 1.50. The zero-order chi connectivity index (χ0) is 43.2. The van der Waals surface area contributed by atoms with Crippen molar-refractivity contribution in [2.45, 2.75) is 54.9 Å². The van der Waals surface area contributed by atoms with Gasteiger partial charge in [0.15, 0.2) is 6.10 Å². The molecule has 2 aromatic carbocycles. The van der Waals surface area contributed by atoms with Gasteiger partial charge in [0.25, 0.3) is 0 Å². The van der Waals surface area contributed by atoms with Crippen molar-refractivity contribution in [1.82, 2.24) is 20.6 Å². The maximum absolute atomic E-state index is 12.9. The number of benzene rings is 2. The fourth-order valence-electron chi connectivity index (χ4n) is 4.95. The number of thioether (sulfide) groups is 1. The van der Waals surface area contributed by atoms with Crippen LogP contribution in [0.15, 0.2) is 64.2 Å². The number of anilines is 1. The average molecular weight is 850 g/mol. The normalized spacial score (nSPS) is 13.4. The Morgan fingerprint density at radius 2 is 1.44 bits per heavy atom. The Hall–Kier alpha value is -6.26. The van der Waals surface area contributed by atoms with E-state index in [4.69, 9.17) is 57.6 Å². The van der Waals surface area contributed by atoms with Crippen LogP contribution in [-0.2, 0) is 34.4 Å². The lowest BCUT2D eigenvalue weighted by Gasteiger charge is -2.23. The van der Waals surface area contributed by atoms with Gasteiger partial charge in [-0.1, -0.05) is 35.5 Å². The minimum Gasteiger partial charge on any atom is -0.490 e. The summed E-state index contributed by atoms with van der Waals surface area (Å²) in [6.45, 7) is 0.352. The molecular weight excluding hydrogens is 810 g/mol. The van der Waals surface area contributed by atoms with E-state index >= 15 is 0 Å². The number of hydrogen-bond acceptors (Lipinski definition) is 18. The number of halogens is 1. The molecule has 4 aromatic rings. The summed E-state index contributed by atoms with van der Waals surface area (Å²) in [5.41, 5.74) is 19.2. The number of hydrogen-bond donors (Lipinski definition) is 7. The highest BCUT2D eigenvalue weighted by Gasteiger charge is 2.27. The number of nitrogens with one attached hydrogen (secondary N) is 2. The van der Waals surface area contributed by atoms with Crippen molar-refractivity contribution in [2.24, 2.45) is 11.5 Å². The average Bonchev–Trinajstić information content (AvgIpc) is 3.72. The van der Waals surface area contributed by atoms with Crippen LogP contribution in [0.1, 0.15) is 30.7 Å². The first kappa shape index (κ1) is 45.4. The molecule has 0 bridgehead atoms. The predicted molar refractivity (Wildman–Crippen MR) is 212 cm³/mol. The third-order valence-electron chi connectivity index (χ3n) is 8.18. The van der Waals surface area contributed by atoms with Crippen LogP contribution < -0.4 is 32.6 Å². The molecule has 2 aromatic heterocycles. The van der Waals surface area contributed by atoms with Crippen molar-refractivity contribution in [3.8, 4) is 40.5 Å². The van der Waals surface area contributed by atoms with Gasteiger partial charge in [-0.05, 0) is 55.8 Å². The van der Waals surface area contributed by atoms with Gasteiger partial charge in [0.05, 0.1) is 24.5 Å². The second-order valence-electron chi connectivity index (χ2n) is 12.7. The van der Waals surface area contributed by atoms with Crippen molar-refractivity contribution in [3.63, 3.8) is 0 Å². The number of aromatic nitrogens is 2. The van der Waals surface area contributed by atoms with Crippen LogP contribution in [-0.4, -0.2) is 101 Å². The van der Waals surface area contributed by atoms with Crippen molar-refractivity contribution < 1.29 is 48.0 Å². The Kier molecular flexibility index (Phi) is 16.5. The van der Waals surface area contributed by atoms with E-state index in [1.807, 2.05) is 6.07 Å². The van der Waals surface area contributed by atoms with E-state index in [0.717, 1.165) is 5.56 Å². The molecule has 0 saturated heterocycles. The number of nitrogen functional groups attached to an aromatic ring is 1. The van der Waals surface area contributed by atoms with E-state index in [2.05, 4.69) is 26.7 Å². The molecule has 0 aliphatic heterocycles. The lowest BCUT2D eigenvalue weighted by molar-refractivity contribution is -0.163. The van der Waals surface area contributed by atoms with Crippen molar-refractivity contribution in [3.05, 3.63) is 76.6 Å². The largest absolute Gasteiger partial charge is 0.490 e. The van der Waals surface area contributed by atoms with Gasteiger partial charge in [-0.2, -0.15) is 10.5 Å². The highest BCUT2D eigenvalue weighted by molar-refractivity contribution is 7.98. The van der Waals surface area contributed by atoms with Gasteiger partial charge >= 0.3 is 11.9 Å². The van der Waals surface area contributed by atoms with Crippen LogP contribution in [0, 0.1) is 22.7 Å². The standard InChI is InChI=1S/C38H40ClN9O10S/c1-19(45-33(51)29(42)13-49)37(53)57-17-26(58-38(54)20(2)46-34(52)30(43)14-50)16-55-25-9-5-21(6-10-25)31-27(11-40)32(44)48-36(28(31)12-41)59-18-24-15-56-35(47-24)22-3-7-23(39)8-4-22/h3-10,15,19-20,26,29-30,49-50H,13-14,16-18,42-43H2,1-2H3,(H2,44,48)(H,45,51)(H,46,52). The topological polar surface area (TPSA) is 325 Å². The second-order valence-corrected chi connectivity index (χ2v) is 14.1. The van der Waals surface area contributed by atoms with E-state index in [0.29, 0.717) is 22.2 Å². The van der Waals surface area contributed by atoms with Crippen LogP contribution in [0.5, 0.6) is 5.75 Å². The third-order valence-corrected chi connectivity index (χ3v) is 9.44. The van der Waals surface area contributed by atoms with Gasteiger partial charge in [0.2, 0.25) is 17.7 Å². The van der Waals surface area contributed by atoms with Crippen LogP contribution in [0.4, 0.5) is 5.82 Å². The summed E-state index contributed by atoms with van der Waals surface area (Å²) in [6.07, 6.45) is 0.219. The van der Waals surface area contributed by atoms with Crippen LogP contribution in [0.25, 0.3) is 22.6 Å². The fourth-order valence-corrected chi connectivity index (χ4v) is 5.94. The number of nitrogens with zero attached hydrogens (tertiary/aromatic N) is 4. The summed E-state index contributed by atoms with van der Waals surface area (Å²) in [7, 11) is 0. The smallest absolute Gasteiger partial charge is 0.328 e. The highest BCUT2D eigenvalue weighted by Crippen LogP contribution is 2.37. The van der Waals surface area contributed by atoms with Gasteiger partial charge in [-0.25, -0.2) is 19.6 Å². The lowest BCUT2D eigenvalue weighted by atomic mass is 9.97. The molecule has 2 amide bonds. The summed E-state index contributed by atoms with van der Waals surface area (Å²) >= 11 is 7.15. The molecule has 0 radical (unpaired) electrons. The summed E-state index contributed by atoms with van der Waals surface area (Å²) in [5.74, 6) is -2.75. The number of pyridine rings is 1. The first-order valence-electron chi connectivity index (χ1n) is 17.6. The van der Waals surface area contributed by atoms with Gasteiger partial charge in [0.1, 0.15) is 77.9 Å². The molecule has 19 nitrogen and oxygen atoms in total.